The molecule has 3 aromatic rings. The molecule has 0 amide bonds. The number of halogens is 3. The molecule has 166 valence electrons. The largest absolute Gasteiger partial charge is 0.487 e. The first-order valence-electron chi connectivity index (χ1n) is 9.72. The fourth-order valence-corrected chi connectivity index (χ4v) is 5.36. The van der Waals surface area contributed by atoms with Crippen LogP contribution in [-0.4, -0.2) is 26.8 Å². The molecule has 0 unspecified atom stereocenters. The number of nitrogens with zero attached hydrogens (tertiary/aromatic N) is 1. The minimum absolute atomic E-state index is 0.00522. The van der Waals surface area contributed by atoms with Gasteiger partial charge < -0.3 is 4.74 Å². The summed E-state index contributed by atoms with van der Waals surface area (Å²) in [4.78, 5) is 12.6. The number of hydrogen-bond donors (Lipinski definition) is 0. The van der Waals surface area contributed by atoms with Gasteiger partial charge in [-0.3, -0.25) is 9.10 Å². The number of fused-ring (bicyclic) bond motifs is 1. The number of ether oxygens (including phenoxy) is 1. The molecule has 0 aliphatic carbocycles. The highest BCUT2D eigenvalue weighted by molar-refractivity contribution is 7.92. The van der Waals surface area contributed by atoms with Crippen molar-refractivity contribution in [1.29, 1.82) is 0 Å². The second-order valence-corrected chi connectivity index (χ2v) is 9.69. The van der Waals surface area contributed by atoms with E-state index in [1.165, 1.54) is 34.6 Å². The van der Waals surface area contributed by atoms with E-state index in [0.717, 1.165) is 18.2 Å². The molecule has 1 heterocycles. The van der Waals surface area contributed by atoms with Crippen LogP contribution in [-0.2, 0) is 16.4 Å². The number of ketones is 1. The monoisotopic (exact) mass is 477 g/mol. The number of carbonyl (C=O) groups is 1. The first-order valence-corrected chi connectivity index (χ1v) is 11.5. The highest BCUT2D eigenvalue weighted by Gasteiger charge is 2.33. The molecule has 5 nitrogen and oxygen atoms in total. The van der Waals surface area contributed by atoms with Gasteiger partial charge in [0.25, 0.3) is 10.0 Å². The zero-order valence-corrected chi connectivity index (χ0v) is 18.5. The van der Waals surface area contributed by atoms with Crippen LogP contribution in [0.5, 0.6) is 5.75 Å². The molecule has 0 fully saturated rings. The van der Waals surface area contributed by atoms with Gasteiger partial charge in [-0.25, -0.2) is 17.2 Å². The lowest BCUT2D eigenvalue weighted by Gasteiger charge is -2.34. The van der Waals surface area contributed by atoms with Crippen molar-refractivity contribution in [2.75, 3.05) is 10.8 Å². The van der Waals surface area contributed by atoms with E-state index in [-0.39, 0.29) is 34.1 Å². The Morgan fingerprint density at radius 1 is 1.12 bits per heavy atom. The molecule has 4 rings (SSSR count). The summed E-state index contributed by atoms with van der Waals surface area (Å²) in [6, 6.07) is 13.2. The summed E-state index contributed by atoms with van der Waals surface area (Å²) in [5.74, 6) is -1.48. The molecule has 0 saturated carbocycles. The zero-order valence-electron chi connectivity index (χ0n) is 16.9. The number of rotatable bonds is 5. The van der Waals surface area contributed by atoms with E-state index >= 15 is 0 Å². The van der Waals surface area contributed by atoms with Gasteiger partial charge in [0, 0.05) is 6.42 Å². The maximum absolute atomic E-state index is 14.1. The summed E-state index contributed by atoms with van der Waals surface area (Å²) in [6.07, 6.45) is -0.615. The molecule has 3 aromatic carbocycles. The Hall–Kier alpha value is -2.97. The van der Waals surface area contributed by atoms with Crippen molar-refractivity contribution < 1.29 is 26.7 Å². The summed E-state index contributed by atoms with van der Waals surface area (Å²) in [5, 5.41) is 0.00522. The minimum atomic E-state index is -4.02. The third kappa shape index (κ3) is 4.20. The highest BCUT2D eigenvalue weighted by atomic mass is 35.5. The lowest BCUT2D eigenvalue weighted by Crippen LogP contribution is -2.42. The molecule has 32 heavy (non-hydrogen) atoms. The van der Waals surface area contributed by atoms with Crippen molar-refractivity contribution in [2.45, 2.75) is 24.3 Å². The van der Waals surface area contributed by atoms with Crippen LogP contribution >= 0.6 is 11.6 Å². The molecule has 9 heteroatoms. The molecular weight excluding hydrogens is 460 g/mol. The topological polar surface area (TPSA) is 63.7 Å². The van der Waals surface area contributed by atoms with Crippen LogP contribution in [0.4, 0.5) is 14.5 Å². The third-order valence-electron chi connectivity index (χ3n) is 5.05. The van der Waals surface area contributed by atoms with E-state index in [0.29, 0.717) is 11.3 Å². The van der Waals surface area contributed by atoms with E-state index in [9.17, 15) is 22.0 Å². The Balaban J connectivity index is 1.71. The number of Topliss-reactive ketones (excluding diaryl/α,β-unsaturated/α-hetero) is 1. The Morgan fingerprint density at radius 2 is 1.84 bits per heavy atom. The number of anilines is 1. The van der Waals surface area contributed by atoms with Crippen molar-refractivity contribution in [1.82, 2.24) is 0 Å². The van der Waals surface area contributed by atoms with Crippen LogP contribution in [0, 0.1) is 11.6 Å². The smallest absolute Gasteiger partial charge is 0.264 e. The molecule has 1 aliphatic heterocycles. The highest BCUT2D eigenvalue weighted by Crippen LogP contribution is 2.38. The molecule has 0 spiro atoms. The summed E-state index contributed by atoms with van der Waals surface area (Å²) in [6.45, 7) is 1.76. The number of hydrogen-bond acceptors (Lipinski definition) is 4. The van der Waals surface area contributed by atoms with Gasteiger partial charge in [-0.1, -0.05) is 23.7 Å². The quantitative estimate of drug-likeness (QED) is 0.484. The second kappa shape index (κ2) is 8.52. The van der Waals surface area contributed by atoms with Crippen LogP contribution in [0.1, 0.15) is 22.8 Å². The van der Waals surface area contributed by atoms with Crippen LogP contribution in [0.2, 0.25) is 5.02 Å². The lowest BCUT2D eigenvalue weighted by atomic mass is 10.0. The third-order valence-corrected chi connectivity index (χ3v) is 7.16. The van der Waals surface area contributed by atoms with Gasteiger partial charge in [0.05, 0.1) is 27.7 Å². The molecule has 0 radical (unpaired) electrons. The van der Waals surface area contributed by atoms with E-state index in [2.05, 4.69) is 0 Å². The normalized spacial score (nSPS) is 15.8. The average molecular weight is 478 g/mol. The number of sulfonamides is 1. The van der Waals surface area contributed by atoms with Crippen molar-refractivity contribution in [3.8, 4) is 5.75 Å². The fourth-order valence-electron chi connectivity index (χ4n) is 3.55. The van der Waals surface area contributed by atoms with E-state index in [1.807, 2.05) is 0 Å². The van der Waals surface area contributed by atoms with Crippen LogP contribution in [0.25, 0.3) is 0 Å². The van der Waals surface area contributed by atoms with Gasteiger partial charge in [-0.05, 0) is 61.0 Å². The summed E-state index contributed by atoms with van der Waals surface area (Å²) in [5.41, 5.74) is 0.496. The van der Waals surface area contributed by atoms with Gasteiger partial charge in [-0.15, -0.1) is 0 Å². The van der Waals surface area contributed by atoms with Gasteiger partial charge in [-0.2, -0.15) is 0 Å². The van der Waals surface area contributed by atoms with E-state index in [1.54, 1.807) is 19.1 Å². The predicted octanol–water partition coefficient (Wildman–Crippen LogP) is 5.02. The Bertz CT molecular complexity index is 1280. The molecule has 0 N–H and O–H groups in total. The van der Waals surface area contributed by atoms with Crippen LogP contribution in [0.3, 0.4) is 0 Å². The summed E-state index contributed by atoms with van der Waals surface area (Å²) < 4.78 is 60.9. The second-order valence-electron chi connectivity index (χ2n) is 7.42. The first-order chi connectivity index (χ1) is 15.2. The zero-order chi connectivity index (χ0) is 23.0. The molecule has 0 aromatic heterocycles. The van der Waals surface area contributed by atoms with E-state index < -0.39 is 33.5 Å². The average Bonchev–Trinajstić information content (AvgIpc) is 2.73. The van der Waals surface area contributed by atoms with Crippen LogP contribution < -0.4 is 9.04 Å². The standard InChI is InChI=1S/C23H18ClF2NO4S/c1-14-13-27(32(29,30)17-8-6-16(25)7-9-17)20-11-15(5-10-22(20)31-14)12-21(28)23-18(24)3-2-4-19(23)26/h2-11,14H,12-13H2,1H3/t14-/m0/s1. The van der Waals surface area contributed by atoms with Crippen LogP contribution in [0.15, 0.2) is 65.6 Å². The maximum Gasteiger partial charge on any atom is 0.264 e. The Labute approximate surface area is 189 Å². The Kier molecular flexibility index (Phi) is 5.92. The molecular formula is C23H18ClF2NO4S. The van der Waals surface area contributed by atoms with Gasteiger partial charge in [0.2, 0.25) is 0 Å². The van der Waals surface area contributed by atoms with Gasteiger partial charge >= 0.3 is 0 Å². The summed E-state index contributed by atoms with van der Waals surface area (Å²) in [7, 11) is -4.02. The minimum Gasteiger partial charge on any atom is -0.487 e. The predicted molar refractivity (Wildman–Crippen MR) is 117 cm³/mol. The van der Waals surface area contributed by atoms with Crippen molar-refractivity contribution in [3.05, 3.63) is 88.4 Å². The van der Waals surface area contributed by atoms with E-state index in [4.69, 9.17) is 16.3 Å². The Morgan fingerprint density at radius 3 is 2.53 bits per heavy atom. The lowest BCUT2D eigenvalue weighted by molar-refractivity contribution is 0.0989. The fraction of sp³-hybridized carbons (Fsp3) is 0.174. The molecule has 1 atom stereocenters. The van der Waals surface area contributed by atoms with Crippen molar-refractivity contribution in [2.24, 2.45) is 0 Å². The van der Waals surface area contributed by atoms with Crippen molar-refractivity contribution in [3.63, 3.8) is 0 Å². The summed E-state index contributed by atoms with van der Waals surface area (Å²) >= 11 is 5.99. The molecule has 1 aliphatic rings. The van der Waals surface area contributed by atoms with Crippen molar-refractivity contribution >= 4 is 33.1 Å². The van der Waals surface area contributed by atoms with Gasteiger partial charge in [0.15, 0.2) is 5.78 Å². The number of carbonyl (C=O) groups excluding carboxylic acids is 1. The molecule has 0 saturated heterocycles. The number of benzene rings is 3. The first kappa shape index (κ1) is 22.2. The maximum atomic E-state index is 14.1. The SMILES string of the molecule is C[C@H]1CN(S(=O)(=O)c2ccc(F)cc2)c2cc(CC(=O)c3c(F)cccc3Cl)ccc2O1. The van der Waals surface area contributed by atoms with Gasteiger partial charge in [0.1, 0.15) is 23.5 Å². The molecule has 0 bridgehead atoms.